The smallest absolute Gasteiger partial charge is 0.335 e. The molecular weight excluding hydrogens is 366 g/mol. The van der Waals surface area contributed by atoms with Crippen molar-refractivity contribution in [1.82, 2.24) is 9.97 Å². The lowest BCUT2D eigenvalue weighted by atomic mass is 10.0. The number of nitrogens with one attached hydrogen (secondary N) is 1. The Morgan fingerprint density at radius 3 is 2.56 bits per heavy atom. The summed E-state index contributed by atoms with van der Waals surface area (Å²) in [6.07, 6.45) is 0. The Balaban J connectivity index is 1.82. The molecule has 0 aliphatic heterocycles. The van der Waals surface area contributed by atoms with E-state index in [1.807, 2.05) is 18.2 Å². The Bertz CT molecular complexity index is 1320. The molecule has 132 valence electrons. The third kappa shape index (κ3) is 2.38. The number of hydrogen-bond donors (Lipinski definition) is 2. The maximum atomic E-state index is 11.2. The molecule has 1 aliphatic rings. The molecule has 1 unspecified atom stereocenters. The van der Waals surface area contributed by atoms with E-state index in [0.29, 0.717) is 28.1 Å². The Morgan fingerprint density at radius 2 is 1.78 bits per heavy atom. The van der Waals surface area contributed by atoms with Crippen LogP contribution in [-0.2, 0) is 11.3 Å². The summed E-state index contributed by atoms with van der Waals surface area (Å²) in [5, 5.41) is 11.0. The van der Waals surface area contributed by atoms with Crippen molar-refractivity contribution in [3.63, 3.8) is 0 Å². The van der Waals surface area contributed by atoms with Gasteiger partial charge in [0, 0.05) is 33.5 Å². The zero-order valence-electron chi connectivity index (χ0n) is 13.6. The zero-order chi connectivity index (χ0) is 18.7. The molecule has 0 bridgehead atoms. The summed E-state index contributed by atoms with van der Waals surface area (Å²) in [7, 11) is 0. The third-order valence-electron chi connectivity index (χ3n) is 4.60. The highest BCUT2D eigenvalue weighted by molar-refractivity contribution is 7.80. The van der Waals surface area contributed by atoms with Crippen LogP contribution in [0.5, 0.6) is 0 Å². The fourth-order valence-electron chi connectivity index (χ4n) is 3.53. The second-order valence-corrected chi connectivity index (χ2v) is 6.87. The summed E-state index contributed by atoms with van der Waals surface area (Å²) >= 11 is -2.43. The van der Waals surface area contributed by atoms with Crippen LogP contribution in [0.15, 0.2) is 48.5 Å². The first-order valence-corrected chi connectivity index (χ1v) is 9.07. The Hall–Kier alpha value is -3.36. The van der Waals surface area contributed by atoms with Crippen LogP contribution >= 0.6 is 0 Å². The predicted molar refractivity (Wildman–Crippen MR) is 101 cm³/mol. The molecule has 0 saturated heterocycles. The Kier molecular flexibility index (Phi) is 3.27. The van der Waals surface area contributed by atoms with E-state index in [1.54, 1.807) is 18.2 Å². The molecule has 0 spiro atoms. The van der Waals surface area contributed by atoms with Gasteiger partial charge in [-0.3, -0.25) is 4.21 Å². The van der Waals surface area contributed by atoms with Gasteiger partial charge >= 0.3 is 5.97 Å². The quantitative estimate of drug-likeness (QED) is 0.467. The van der Waals surface area contributed by atoms with Gasteiger partial charge in [-0.05, 0) is 35.7 Å². The molecule has 1 aliphatic carbocycles. The summed E-state index contributed by atoms with van der Waals surface area (Å²) in [6.45, 7) is 0. The first kappa shape index (κ1) is 15.9. The number of benzene rings is 3. The number of nitrogens with zero attached hydrogens (tertiary/aromatic N) is 2. The first-order chi connectivity index (χ1) is 13.0. The number of rotatable bonds is 3. The van der Waals surface area contributed by atoms with Gasteiger partial charge in [0.2, 0.25) is 0 Å². The molecule has 0 amide bonds. The molecule has 7 nitrogen and oxygen atoms in total. The lowest BCUT2D eigenvalue weighted by molar-refractivity contribution is 0.0697. The van der Waals surface area contributed by atoms with Crippen LogP contribution < -0.4 is 4.72 Å². The summed E-state index contributed by atoms with van der Waals surface area (Å²) in [5.74, 6) is -1.02. The number of carboxylic acid groups (broad SMARTS) is 1. The molecule has 4 aromatic rings. The zero-order valence-corrected chi connectivity index (χ0v) is 14.4. The largest absolute Gasteiger partial charge is 0.755 e. The molecule has 0 radical (unpaired) electrons. The maximum absolute atomic E-state index is 11.2. The molecule has 27 heavy (non-hydrogen) atoms. The lowest BCUT2D eigenvalue weighted by Gasteiger charge is -2.11. The topological polar surface area (TPSA) is 115 Å². The number of hydrogen-bond acceptors (Lipinski definition) is 5. The molecule has 0 saturated carbocycles. The van der Waals surface area contributed by atoms with Crippen molar-refractivity contribution in [2.75, 3.05) is 4.72 Å². The van der Waals surface area contributed by atoms with Crippen LogP contribution in [0.25, 0.3) is 44.3 Å². The minimum atomic E-state index is -2.43. The molecule has 3 aromatic carbocycles. The summed E-state index contributed by atoms with van der Waals surface area (Å²) in [6, 6.07) is 13.8. The molecule has 1 heterocycles. The average molecular weight is 376 g/mol. The summed E-state index contributed by atoms with van der Waals surface area (Å²) < 4.78 is 24.5. The molecule has 2 N–H and O–H groups in total. The van der Waals surface area contributed by atoms with Crippen LogP contribution in [-0.4, -0.2) is 29.8 Å². The molecule has 1 atom stereocenters. The maximum Gasteiger partial charge on any atom is 0.335 e. The minimum absolute atomic E-state index is 0.148. The summed E-state index contributed by atoms with van der Waals surface area (Å²) in [5.41, 5.74) is 4.66. The predicted octanol–water partition coefficient (Wildman–Crippen LogP) is 3.33. The van der Waals surface area contributed by atoms with Gasteiger partial charge in [0.15, 0.2) is 0 Å². The summed E-state index contributed by atoms with van der Waals surface area (Å²) in [4.78, 5) is 20.6. The fourth-order valence-corrected chi connectivity index (χ4v) is 3.84. The van der Waals surface area contributed by atoms with Crippen molar-refractivity contribution in [2.24, 2.45) is 0 Å². The van der Waals surface area contributed by atoms with Crippen LogP contribution in [0.4, 0.5) is 5.69 Å². The number of carbonyl (C=O) groups is 1. The highest BCUT2D eigenvalue weighted by Crippen LogP contribution is 2.47. The molecule has 1 aromatic heterocycles. The van der Waals surface area contributed by atoms with E-state index in [0.717, 1.165) is 21.9 Å². The third-order valence-corrected chi connectivity index (χ3v) is 5.00. The van der Waals surface area contributed by atoms with E-state index in [-0.39, 0.29) is 5.56 Å². The van der Waals surface area contributed by atoms with Crippen LogP contribution in [0.3, 0.4) is 0 Å². The number of aromatic nitrogens is 2. The number of carboxylic acids is 1. The second-order valence-electron chi connectivity index (χ2n) is 6.19. The van der Waals surface area contributed by atoms with Crippen molar-refractivity contribution in [1.29, 1.82) is 0 Å². The number of fused-ring (bicyclic) bond motifs is 4. The van der Waals surface area contributed by atoms with E-state index in [2.05, 4.69) is 14.7 Å². The van der Waals surface area contributed by atoms with Crippen molar-refractivity contribution in [3.05, 3.63) is 54.1 Å². The normalized spacial score (nSPS) is 12.9. The van der Waals surface area contributed by atoms with E-state index < -0.39 is 17.2 Å². The monoisotopic (exact) mass is 376 g/mol. The van der Waals surface area contributed by atoms with Gasteiger partial charge in [0.1, 0.15) is 0 Å². The Morgan fingerprint density at radius 1 is 1.00 bits per heavy atom. The van der Waals surface area contributed by atoms with Crippen LogP contribution in [0.1, 0.15) is 10.4 Å². The van der Waals surface area contributed by atoms with E-state index in [9.17, 15) is 18.7 Å². The van der Waals surface area contributed by atoms with Gasteiger partial charge in [-0.2, -0.15) is 0 Å². The van der Waals surface area contributed by atoms with Crippen molar-refractivity contribution >= 4 is 44.7 Å². The average Bonchev–Trinajstić information content (AvgIpc) is 2.94. The van der Waals surface area contributed by atoms with Crippen LogP contribution in [0, 0.1) is 0 Å². The van der Waals surface area contributed by atoms with Gasteiger partial charge in [0.25, 0.3) is 0 Å². The van der Waals surface area contributed by atoms with Gasteiger partial charge in [-0.1, -0.05) is 18.2 Å². The Labute approximate surface area is 155 Å². The fraction of sp³-hybridized carbons (Fsp3) is 0. The highest BCUT2D eigenvalue weighted by Gasteiger charge is 2.25. The van der Waals surface area contributed by atoms with Gasteiger partial charge < -0.3 is 14.4 Å². The molecule has 8 heteroatoms. The van der Waals surface area contributed by atoms with Crippen LogP contribution in [0.2, 0.25) is 0 Å². The molecular formula is C19H10N3O4S-. The molecule has 0 fully saturated rings. The van der Waals surface area contributed by atoms with Gasteiger partial charge in [-0.15, -0.1) is 0 Å². The number of anilines is 1. The van der Waals surface area contributed by atoms with Crippen molar-refractivity contribution in [2.45, 2.75) is 0 Å². The SMILES string of the molecule is O=C(O)c1ccc2nc3c(nc2c1)-c1cccc2cc(NS(=O)[O-])cc-3c12. The lowest BCUT2D eigenvalue weighted by Crippen LogP contribution is -2.02. The van der Waals surface area contributed by atoms with E-state index in [4.69, 9.17) is 0 Å². The van der Waals surface area contributed by atoms with Gasteiger partial charge in [0.05, 0.1) is 28.0 Å². The second kappa shape index (κ2) is 5.57. The highest BCUT2D eigenvalue weighted by atomic mass is 32.2. The number of aromatic carboxylic acids is 1. The van der Waals surface area contributed by atoms with Gasteiger partial charge in [-0.25, -0.2) is 14.8 Å². The van der Waals surface area contributed by atoms with Crippen molar-refractivity contribution < 1.29 is 18.7 Å². The minimum Gasteiger partial charge on any atom is -0.755 e. The van der Waals surface area contributed by atoms with E-state index in [1.165, 1.54) is 12.1 Å². The first-order valence-electron chi connectivity index (χ1n) is 8.00. The van der Waals surface area contributed by atoms with Crippen molar-refractivity contribution in [3.8, 4) is 22.5 Å². The standard InChI is InChI=1S/C19H11N3O4S/c23-19(24)10-4-5-14-15(7-10)21-17-12-3-1-2-9-6-11(22-27(25)26)8-13(16(9)12)18(17)20-14/h1-8,22H,(H,23,24)(H,25,26)/p-1. The molecule has 5 rings (SSSR count). The van der Waals surface area contributed by atoms with E-state index >= 15 is 0 Å².